The van der Waals surface area contributed by atoms with Crippen LogP contribution >= 0.6 is 0 Å². The van der Waals surface area contributed by atoms with E-state index in [2.05, 4.69) is 38.5 Å². The van der Waals surface area contributed by atoms with E-state index in [9.17, 15) is 4.79 Å². The highest BCUT2D eigenvalue weighted by atomic mass is 16.5. The lowest BCUT2D eigenvalue weighted by atomic mass is 9.97. The van der Waals surface area contributed by atoms with Crippen LogP contribution in [0.4, 0.5) is 5.69 Å². The Morgan fingerprint density at radius 1 is 1.07 bits per heavy atom. The molecule has 3 aromatic heterocycles. The van der Waals surface area contributed by atoms with Gasteiger partial charge in [0.2, 0.25) is 5.78 Å². The number of aromatic nitrogens is 5. The first-order valence-electron chi connectivity index (χ1n) is 13.7. The van der Waals surface area contributed by atoms with Gasteiger partial charge >= 0.3 is 0 Å². The molecule has 4 heterocycles. The lowest BCUT2D eigenvalue weighted by Crippen LogP contribution is -2.39. The van der Waals surface area contributed by atoms with Crippen molar-refractivity contribution in [2.24, 2.45) is 5.92 Å². The Morgan fingerprint density at radius 3 is 2.62 bits per heavy atom. The van der Waals surface area contributed by atoms with Crippen molar-refractivity contribution < 1.29 is 4.74 Å². The van der Waals surface area contributed by atoms with Crippen LogP contribution in [-0.4, -0.2) is 54.6 Å². The van der Waals surface area contributed by atoms with E-state index in [-0.39, 0.29) is 5.56 Å². The molecule has 6 rings (SSSR count). The van der Waals surface area contributed by atoms with Crippen molar-refractivity contribution >= 4 is 22.5 Å². The van der Waals surface area contributed by atoms with E-state index in [1.165, 1.54) is 6.07 Å². The largest absolute Gasteiger partial charge is 0.490 e. The molecule has 1 aliphatic heterocycles. The molecule has 0 saturated carbocycles. The molecular formula is C31H31N7O2. The Kier molecular flexibility index (Phi) is 7.01. The number of rotatable bonds is 7. The number of hydrogen-bond donors (Lipinski definition) is 0. The van der Waals surface area contributed by atoms with Crippen molar-refractivity contribution in [3.63, 3.8) is 0 Å². The van der Waals surface area contributed by atoms with Gasteiger partial charge in [0.25, 0.3) is 5.56 Å². The van der Waals surface area contributed by atoms with Gasteiger partial charge in [0.1, 0.15) is 0 Å². The quantitative estimate of drug-likeness (QED) is 0.267. The molecule has 0 bridgehead atoms. The van der Waals surface area contributed by atoms with Crippen LogP contribution in [0.5, 0.6) is 5.75 Å². The summed E-state index contributed by atoms with van der Waals surface area (Å²) in [5.41, 5.74) is 3.70. The van der Waals surface area contributed by atoms with Gasteiger partial charge in [-0.05, 0) is 69.5 Å². The van der Waals surface area contributed by atoms with Gasteiger partial charge in [-0.15, -0.1) is 0 Å². The third-order valence-electron chi connectivity index (χ3n) is 7.68. The summed E-state index contributed by atoms with van der Waals surface area (Å²) in [7, 11) is 0. The van der Waals surface area contributed by atoms with Crippen molar-refractivity contribution in [3.8, 4) is 17.1 Å². The highest BCUT2D eigenvalue weighted by Crippen LogP contribution is 2.24. The molecule has 202 valence electrons. The van der Waals surface area contributed by atoms with E-state index in [0.717, 1.165) is 48.1 Å². The fraction of sp³-hybridized carbons (Fsp3) is 0.323. The average Bonchev–Trinajstić information content (AvgIpc) is 3.36. The molecule has 5 aromatic rings. The number of hydrogen-bond acceptors (Lipinski definition) is 6. The Labute approximate surface area is 232 Å². The molecule has 1 saturated heterocycles. The SMILES string of the molecule is [C-]#[N+]c1ccc2nc3n(Cc4cccc(-c5ncc(OCC6CCN(C(C)C)CC6)cn5)c4)c(=O)ccn3c2c1. The van der Waals surface area contributed by atoms with Crippen LogP contribution in [0.1, 0.15) is 32.3 Å². The first-order chi connectivity index (χ1) is 19.5. The molecule has 9 heteroatoms. The Bertz CT molecular complexity index is 1760. The zero-order chi connectivity index (χ0) is 27.6. The zero-order valence-corrected chi connectivity index (χ0v) is 22.7. The number of likely N-dealkylation sites (tertiary alicyclic amines) is 1. The molecule has 0 amide bonds. The van der Waals surface area contributed by atoms with Gasteiger partial charge in [0.15, 0.2) is 17.3 Å². The summed E-state index contributed by atoms with van der Waals surface area (Å²) >= 11 is 0. The van der Waals surface area contributed by atoms with Crippen molar-refractivity contribution in [1.29, 1.82) is 0 Å². The predicted octanol–water partition coefficient (Wildman–Crippen LogP) is 5.20. The first-order valence-corrected chi connectivity index (χ1v) is 13.7. The number of piperidine rings is 1. The second kappa shape index (κ2) is 10.9. The minimum atomic E-state index is -0.147. The van der Waals surface area contributed by atoms with Crippen molar-refractivity contribution in [2.45, 2.75) is 39.3 Å². The van der Waals surface area contributed by atoms with Gasteiger partial charge in [-0.25, -0.2) is 19.8 Å². The number of imidazole rings is 1. The fourth-order valence-electron chi connectivity index (χ4n) is 5.33. The third kappa shape index (κ3) is 5.18. The minimum Gasteiger partial charge on any atom is -0.490 e. The smallest absolute Gasteiger partial charge is 0.255 e. The van der Waals surface area contributed by atoms with Crippen LogP contribution in [0.2, 0.25) is 0 Å². The molecule has 0 spiro atoms. The lowest BCUT2D eigenvalue weighted by Gasteiger charge is -2.34. The topological polar surface area (TPSA) is 81.9 Å². The number of fused-ring (bicyclic) bond motifs is 3. The van der Waals surface area contributed by atoms with E-state index < -0.39 is 0 Å². The van der Waals surface area contributed by atoms with E-state index >= 15 is 0 Å². The van der Waals surface area contributed by atoms with Crippen molar-refractivity contribution in [3.05, 3.63) is 94.5 Å². The molecule has 9 nitrogen and oxygen atoms in total. The summed E-state index contributed by atoms with van der Waals surface area (Å²) in [5, 5.41) is 0. The molecule has 0 unspecified atom stereocenters. The number of benzene rings is 2. The molecule has 0 atom stereocenters. The molecule has 1 aliphatic rings. The highest BCUT2D eigenvalue weighted by Gasteiger charge is 2.21. The second-order valence-electron chi connectivity index (χ2n) is 10.6. The van der Waals surface area contributed by atoms with Crippen LogP contribution in [0, 0.1) is 12.5 Å². The van der Waals surface area contributed by atoms with Crippen molar-refractivity contribution in [2.75, 3.05) is 19.7 Å². The second-order valence-corrected chi connectivity index (χ2v) is 10.6. The molecule has 40 heavy (non-hydrogen) atoms. The lowest BCUT2D eigenvalue weighted by molar-refractivity contribution is 0.119. The monoisotopic (exact) mass is 533 g/mol. The Balaban J connectivity index is 1.17. The van der Waals surface area contributed by atoms with Gasteiger partial charge in [0, 0.05) is 23.9 Å². The molecule has 1 fully saturated rings. The maximum absolute atomic E-state index is 12.9. The summed E-state index contributed by atoms with van der Waals surface area (Å²) in [6.07, 6.45) is 7.47. The summed E-state index contributed by atoms with van der Waals surface area (Å²) in [6.45, 7) is 15.1. The van der Waals surface area contributed by atoms with Crippen LogP contribution in [0.3, 0.4) is 0 Å². The van der Waals surface area contributed by atoms with Crippen LogP contribution < -0.4 is 10.3 Å². The predicted molar refractivity (Wildman–Crippen MR) is 155 cm³/mol. The third-order valence-corrected chi connectivity index (χ3v) is 7.68. The summed E-state index contributed by atoms with van der Waals surface area (Å²) < 4.78 is 9.51. The van der Waals surface area contributed by atoms with Crippen LogP contribution in [0.15, 0.2) is 71.9 Å². The maximum Gasteiger partial charge on any atom is 0.255 e. The van der Waals surface area contributed by atoms with Gasteiger partial charge in [-0.3, -0.25) is 13.8 Å². The fourth-order valence-corrected chi connectivity index (χ4v) is 5.33. The summed E-state index contributed by atoms with van der Waals surface area (Å²) in [6, 6.07) is 15.3. The van der Waals surface area contributed by atoms with Gasteiger partial charge in [-0.1, -0.05) is 24.3 Å². The number of nitrogens with zero attached hydrogens (tertiary/aromatic N) is 7. The molecular weight excluding hydrogens is 502 g/mol. The van der Waals surface area contributed by atoms with Gasteiger partial charge in [0.05, 0.1) is 43.2 Å². The molecule has 0 radical (unpaired) electrons. The summed E-state index contributed by atoms with van der Waals surface area (Å²) in [5.74, 6) is 2.37. The van der Waals surface area contributed by atoms with Crippen LogP contribution in [-0.2, 0) is 6.54 Å². The normalized spacial score (nSPS) is 14.7. The molecule has 2 aromatic carbocycles. The Hall–Kier alpha value is -4.55. The van der Waals surface area contributed by atoms with Gasteiger partial charge < -0.3 is 9.64 Å². The minimum absolute atomic E-state index is 0.147. The van der Waals surface area contributed by atoms with E-state index in [4.69, 9.17) is 11.3 Å². The molecule has 0 N–H and O–H groups in total. The van der Waals surface area contributed by atoms with E-state index in [0.29, 0.717) is 48.2 Å². The van der Waals surface area contributed by atoms with Gasteiger partial charge in [-0.2, -0.15) is 0 Å². The Morgan fingerprint density at radius 2 is 1.88 bits per heavy atom. The van der Waals surface area contributed by atoms with Crippen LogP contribution in [0.25, 0.3) is 33.0 Å². The van der Waals surface area contributed by atoms with Crippen molar-refractivity contribution in [1.82, 2.24) is 28.8 Å². The maximum atomic E-state index is 12.9. The average molecular weight is 534 g/mol. The summed E-state index contributed by atoms with van der Waals surface area (Å²) in [4.78, 5) is 32.7. The first kappa shape index (κ1) is 25.7. The standard InChI is InChI=1S/C31H31N7O2/c1-21(2)36-12-9-22(10-13-36)20-40-26-17-33-30(34-18-26)24-6-4-5-23(15-24)19-38-29(39)11-14-37-28-16-25(32-3)7-8-27(28)35-31(37)38/h4-8,11,14-18,21-22H,9-10,12-13,19-20H2,1-2H3. The molecule has 0 aliphatic carbocycles. The highest BCUT2D eigenvalue weighted by molar-refractivity contribution is 5.83. The van der Waals surface area contributed by atoms with E-state index in [1.54, 1.807) is 35.3 Å². The zero-order valence-electron chi connectivity index (χ0n) is 22.7. The van der Waals surface area contributed by atoms with E-state index in [1.807, 2.05) is 34.7 Å². The number of ether oxygens (including phenoxy) is 1.